The zero-order valence-electron chi connectivity index (χ0n) is 11.9. The first-order valence-corrected chi connectivity index (χ1v) is 7.20. The molecule has 0 heterocycles. The number of carbonyl (C=O) groups is 1. The summed E-state index contributed by atoms with van der Waals surface area (Å²) >= 11 is 0. The van der Waals surface area contributed by atoms with Gasteiger partial charge in [0.2, 0.25) is 5.91 Å². The summed E-state index contributed by atoms with van der Waals surface area (Å²) in [6.07, 6.45) is 5.67. The fraction of sp³-hybridized carbons (Fsp3) is 0.471. The van der Waals surface area contributed by atoms with Crippen molar-refractivity contribution in [3.63, 3.8) is 0 Å². The summed E-state index contributed by atoms with van der Waals surface area (Å²) in [4.78, 5) is 11.9. The van der Waals surface area contributed by atoms with Gasteiger partial charge in [0.15, 0.2) is 0 Å². The van der Waals surface area contributed by atoms with Crippen LogP contribution in [-0.4, -0.2) is 19.6 Å². The summed E-state index contributed by atoms with van der Waals surface area (Å²) < 4.78 is 5.09. The monoisotopic (exact) mass is 271 g/mol. The first kappa shape index (κ1) is 14.5. The molecule has 2 rings (SSSR count). The molecule has 20 heavy (non-hydrogen) atoms. The Kier molecular flexibility index (Phi) is 5.49. The predicted octanol–water partition coefficient (Wildman–Crippen LogP) is 2.74. The zero-order valence-corrected chi connectivity index (χ0v) is 11.9. The number of ether oxygens (including phenoxy) is 1. The van der Waals surface area contributed by atoms with Gasteiger partial charge in [0.05, 0.1) is 13.7 Å². The summed E-state index contributed by atoms with van der Waals surface area (Å²) in [5, 5.41) is 2.91. The number of nitrogens with one attached hydrogen (secondary N) is 1. The van der Waals surface area contributed by atoms with Gasteiger partial charge < -0.3 is 10.1 Å². The van der Waals surface area contributed by atoms with E-state index < -0.39 is 0 Å². The van der Waals surface area contributed by atoms with E-state index in [1.807, 2.05) is 24.3 Å². The number of carbonyl (C=O) groups excluding carboxylic acids is 1. The highest BCUT2D eigenvalue weighted by atomic mass is 16.5. The third kappa shape index (κ3) is 4.31. The van der Waals surface area contributed by atoms with Crippen LogP contribution in [0, 0.1) is 17.8 Å². The molecule has 1 aliphatic carbocycles. The van der Waals surface area contributed by atoms with Gasteiger partial charge in [0.25, 0.3) is 0 Å². The molecular weight excluding hydrogens is 250 g/mol. The van der Waals surface area contributed by atoms with Gasteiger partial charge in [-0.05, 0) is 37.1 Å². The van der Waals surface area contributed by atoms with Crippen LogP contribution in [-0.2, 0) is 4.79 Å². The van der Waals surface area contributed by atoms with Crippen molar-refractivity contribution in [2.75, 3.05) is 13.7 Å². The summed E-state index contributed by atoms with van der Waals surface area (Å²) in [5.74, 6) is 7.20. The average molecular weight is 271 g/mol. The second kappa shape index (κ2) is 7.59. The van der Waals surface area contributed by atoms with Gasteiger partial charge in [-0.15, -0.1) is 0 Å². The van der Waals surface area contributed by atoms with Crippen LogP contribution in [0.15, 0.2) is 24.3 Å². The number of hydrogen-bond acceptors (Lipinski definition) is 2. The Balaban J connectivity index is 1.77. The molecule has 1 N–H and O–H groups in total. The summed E-state index contributed by atoms with van der Waals surface area (Å²) in [6.45, 7) is 0.418. The Labute approximate surface area is 120 Å². The summed E-state index contributed by atoms with van der Waals surface area (Å²) in [6, 6.07) is 7.58. The van der Waals surface area contributed by atoms with Crippen LogP contribution in [0.5, 0.6) is 5.75 Å². The molecule has 0 spiro atoms. The van der Waals surface area contributed by atoms with Gasteiger partial charge >= 0.3 is 0 Å². The van der Waals surface area contributed by atoms with Crippen molar-refractivity contribution in [1.82, 2.24) is 5.32 Å². The maximum atomic E-state index is 11.9. The highest BCUT2D eigenvalue weighted by Gasteiger charge is 2.19. The highest BCUT2D eigenvalue weighted by Crippen LogP contribution is 2.23. The lowest BCUT2D eigenvalue weighted by atomic mass is 9.89. The van der Waals surface area contributed by atoms with Crippen molar-refractivity contribution in [2.24, 2.45) is 5.92 Å². The van der Waals surface area contributed by atoms with Crippen molar-refractivity contribution in [3.8, 4) is 17.6 Å². The maximum Gasteiger partial charge on any atom is 0.223 e. The lowest BCUT2D eigenvalue weighted by Crippen LogP contribution is -2.32. The van der Waals surface area contributed by atoms with E-state index >= 15 is 0 Å². The smallest absolute Gasteiger partial charge is 0.223 e. The molecule has 0 unspecified atom stereocenters. The first-order valence-electron chi connectivity index (χ1n) is 7.20. The maximum absolute atomic E-state index is 11.9. The van der Waals surface area contributed by atoms with E-state index in [1.54, 1.807) is 7.11 Å². The Morgan fingerprint density at radius 2 is 1.95 bits per heavy atom. The van der Waals surface area contributed by atoms with E-state index in [-0.39, 0.29) is 11.8 Å². The van der Waals surface area contributed by atoms with Crippen LogP contribution in [0.4, 0.5) is 0 Å². The largest absolute Gasteiger partial charge is 0.497 e. The molecule has 1 aromatic carbocycles. The minimum Gasteiger partial charge on any atom is -0.497 e. The summed E-state index contributed by atoms with van der Waals surface area (Å²) in [7, 11) is 1.64. The van der Waals surface area contributed by atoms with E-state index in [2.05, 4.69) is 17.2 Å². The second-order valence-corrected chi connectivity index (χ2v) is 5.08. The first-order chi connectivity index (χ1) is 9.79. The van der Waals surface area contributed by atoms with E-state index in [0.717, 1.165) is 24.2 Å². The molecule has 1 saturated carbocycles. The van der Waals surface area contributed by atoms with Crippen LogP contribution in [0.1, 0.15) is 37.7 Å². The van der Waals surface area contributed by atoms with Gasteiger partial charge in [-0.2, -0.15) is 0 Å². The van der Waals surface area contributed by atoms with Crippen molar-refractivity contribution in [2.45, 2.75) is 32.1 Å². The van der Waals surface area contributed by atoms with Crippen molar-refractivity contribution < 1.29 is 9.53 Å². The van der Waals surface area contributed by atoms with Crippen LogP contribution >= 0.6 is 0 Å². The van der Waals surface area contributed by atoms with Crippen molar-refractivity contribution in [1.29, 1.82) is 0 Å². The third-order valence-corrected chi connectivity index (χ3v) is 3.65. The van der Waals surface area contributed by atoms with Gasteiger partial charge in [0, 0.05) is 11.5 Å². The molecule has 1 fully saturated rings. The number of benzene rings is 1. The molecule has 0 aliphatic heterocycles. The molecule has 106 valence electrons. The molecule has 1 aliphatic rings. The van der Waals surface area contributed by atoms with Crippen LogP contribution < -0.4 is 10.1 Å². The Morgan fingerprint density at radius 3 is 2.60 bits per heavy atom. The molecule has 1 amide bonds. The number of rotatable bonds is 3. The van der Waals surface area contributed by atoms with Gasteiger partial charge in [0.1, 0.15) is 5.75 Å². The van der Waals surface area contributed by atoms with Crippen LogP contribution in [0.2, 0.25) is 0 Å². The quantitative estimate of drug-likeness (QED) is 0.858. The van der Waals surface area contributed by atoms with Gasteiger partial charge in [-0.25, -0.2) is 0 Å². The minimum absolute atomic E-state index is 0.161. The minimum atomic E-state index is 0.161. The molecule has 3 heteroatoms. The average Bonchev–Trinajstić information content (AvgIpc) is 2.53. The lowest BCUT2D eigenvalue weighted by Gasteiger charge is -2.19. The molecule has 0 aromatic heterocycles. The number of methoxy groups -OCH3 is 1. The third-order valence-electron chi connectivity index (χ3n) is 3.65. The van der Waals surface area contributed by atoms with E-state index in [4.69, 9.17) is 4.74 Å². The van der Waals surface area contributed by atoms with Gasteiger partial charge in [-0.3, -0.25) is 4.79 Å². The Morgan fingerprint density at radius 1 is 1.25 bits per heavy atom. The van der Waals surface area contributed by atoms with Gasteiger partial charge in [-0.1, -0.05) is 31.1 Å². The van der Waals surface area contributed by atoms with E-state index in [9.17, 15) is 4.79 Å². The Hall–Kier alpha value is -1.95. The van der Waals surface area contributed by atoms with Crippen molar-refractivity contribution in [3.05, 3.63) is 29.8 Å². The molecule has 0 bridgehead atoms. The molecular formula is C17H21NO2. The number of amides is 1. The molecule has 3 nitrogen and oxygen atoms in total. The standard InChI is InChI=1S/C17H21NO2/c1-20-16-11-9-14(10-12-16)6-5-13-18-17(19)15-7-3-2-4-8-15/h9-12,15H,2-4,7-8,13H2,1H3,(H,18,19). The molecule has 1 aromatic rings. The molecule has 0 atom stereocenters. The lowest BCUT2D eigenvalue weighted by molar-refractivity contribution is -0.125. The highest BCUT2D eigenvalue weighted by molar-refractivity contribution is 5.78. The fourth-order valence-electron chi connectivity index (χ4n) is 2.46. The topological polar surface area (TPSA) is 38.3 Å². The van der Waals surface area contributed by atoms with E-state index in [1.165, 1.54) is 19.3 Å². The number of hydrogen-bond donors (Lipinski definition) is 1. The predicted molar refractivity (Wildman–Crippen MR) is 79.5 cm³/mol. The Bertz CT molecular complexity index is 490. The fourth-order valence-corrected chi connectivity index (χ4v) is 2.46. The van der Waals surface area contributed by atoms with Crippen molar-refractivity contribution >= 4 is 5.91 Å². The normalized spacial score (nSPS) is 15.1. The van der Waals surface area contributed by atoms with E-state index in [0.29, 0.717) is 6.54 Å². The van der Waals surface area contributed by atoms with Crippen LogP contribution in [0.25, 0.3) is 0 Å². The zero-order chi connectivity index (χ0) is 14.2. The van der Waals surface area contributed by atoms with Crippen LogP contribution in [0.3, 0.4) is 0 Å². The second-order valence-electron chi connectivity index (χ2n) is 5.08. The molecule has 0 saturated heterocycles. The molecule has 0 radical (unpaired) electrons. The SMILES string of the molecule is COc1ccc(C#CCNC(=O)C2CCCCC2)cc1. The summed E-state index contributed by atoms with van der Waals surface area (Å²) in [5.41, 5.74) is 0.928.